The van der Waals surface area contributed by atoms with Gasteiger partial charge in [0.1, 0.15) is 0 Å². The lowest BCUT2D eigenvalue weighted by Crippen LogP contribution is -2.46. The minimum absolute atomic E-state index is 0.106. The Morgan fingerprint density at radius 1 is 1.65 bits per heavy atom. The van der Waals surface area contributed by atoms with Crippen LogP contribution >= 0.6 is 0 Å². The van der Waals surface area contributed by atoms with Crippen molar-refractivity contribution in [3.63, 3.8) is 0 Å². The van der Waals surface area contributed by atoms with Gasteiger partial charge in [-0.05, 0) is 32.5 Å². The fourth-order valence-electron chi connectivity index (χ4n) is 2.16. The Hall–Kier alpha value is -1.62. The number of carbonyl (C=O) groups excluding carboxylic acids is 1. The first-order chi connectivity index (χ1) is 8.16. The highest BCUT2D eigenvalue weighted by Crippen LogP contribution is 2.12. The van der Waals surface area contributed by atoms with E-state index in [2.05, 4.69) is 22.2 Å². The van der Waals surface area contributed by atoms with Crippen LogP contribution in [0.4, 0.5) is 5.69 Å². The number of aromatic nitrogens is 1. The van der Waals surface area contributed by atoms with Crippen molar-refractivity contribution in [1.29, 1.82) is 0 Å². The summed E-state index contributed by atoms with van der Waals surface area (Å²) in [5.41, 5.74) is 6.65. The van der Waals surface area contributed by atoms with Crippen LogP contribution in [0.5, 0.6) is 0 Å². The summed E-state index contributed by atoms with van der Waals surface area (Å²) in [7, 11) is 2.07. The van der Waals surface area contributed by atoms with Crippen LogP contribution in [0, 0.1) is 0 Å². The van der Waals surface area contributed by atoms with E-state index in [0.717, 1.165) is 25.9 Å². The molecule has 1 aromatic rings. The van der Waals surface area contributed by atoms with Crippen molar-refractivity contribution in [2.45, 2.75) is 18.9 Å². The number of nitrogens with zero attached hydrogens (tertiary/aromatic N) is 2. The summed E-state index contributed by atoms with van der Waals surface area (Å²) >= 11 is 0. The van der Waals surface area contributed by atoms with Crippen LogP contribution in [-0.4, -0.2) is 42.0 Å². The third kappa shape index (κ3) is 2.94. The lowest BCUT2D eigenvalue weighted by Gasteiger charge is -2.30. The lowest BCUT2D eigenvalue weighted by molar-refractivity contribution is 0.0913. The standard InChI is InChI=1S/C12H18N4O/c1-16-6-2-3-9(8-16)15-12(17)10-4-5-14-7-11(10)13/h4-5,7,9H,2-3,6,8,13H2,1H3,(H,15,17). The summed E-state index contributed by atoms with van der Waals surface area (Å²) in [6.45, 7) is 2.00. The molecule has 2 heterocycles. The molecule has 1 aliphatic rings. The minimum Gasteiger partial charge on any atom is -0.397 e. The fourth-order valence-corrected chi connectivity index (χ4v) is 2.16. The summed E-state index contributed by atoms with van der Waals surface area (Å²) in [6, 6.07) is 1.87. The molecule has 2 rings (SSSR count). The molecule has 5 nitrogen and oxygen atoms in total. The predicted molar refractivity (Wildman–Crippen MR) is 66.6 cm³/mol. The predicted octanol–water partition coefficient (Wildman–Crippen LogP) is 0.488. The largest absolute Gasteiger partial charge is 0.397 e. The highest BCUT2D eigenvalue weighted by molar-refractivity contribution is 5.99. The summed E-state index contributed by atoms with van der Waals surface area (Å²) < 4.78 is 0. The fraction of sp³-hybridized carbons (Fsp3) is 0.500. The number of rotatable bonds is 2. The third-order valence-corrected chi connectivity index (χ3v) is 3.06. The Morgan fingerprint density at radius 3 is 3.18 bits per heavy atom. The molecule has 0 aliphatic carbocycles. The molecule has 1 unspecified atom stereocenters. The normalized spacial score (nSPS) is 21.1. The Labute approximate surface area is 101 Å². The molecule has 1 fully saturated rings. The summed E-state index contributed by atoms with van der Waals surface area (Å²) in [5, 5.41) is 3.02. The molecule has 1 atom stereocenters. The molecular weight excluding hydrogens is 216 g/mol. The van der Waals surface area contributed by atoms with E-state index in [1.165, 1.54) is 6.20 Å². The van der Waals surface area contributed by atoms with Gasteiger partial charge in [0.2, 0.25) is 0 Å². The highest BCUT2D eigenvalue weighted by atomic mass is 16.1. The number of hydrogen-bond acceptors (Lipinski definition) is 4. The number of carbonyl (C=O) groups is 1. The second kappa shape index (κ2) is 5.14. The van der Waals surface area contributed by atoms with Crippen LogP contribution in [0.1, 0.15) is 23.2 Å². The number of anilines is 1. The molecule has 17 heavy (non-hydrogen) atoms. The SMILES string of the molecule is CN1CCCC(NC(=O)c2ccncc2N)C1. The molecular formula is C12H18N4O. The van der Waals surface area contributed by atoms with Crippen LogP contribution in [0.15, 0.2) is 18.5 Å². The van der Waals surface area contributed by atoms with Crippen molar-refractivity contribution >= 4 is 11.6 Å². The highest BCUT2D eigenvalue weighted by Gasteiger charge is 2.20. The van der Waals surface area contributed by atoms with Gasteiger partial charge < -0.3 is 16.0 Å². The van der Waals surface area contributed by atoms with Gasteiger partial charge in [0, 0.05) is 18.8 Å². The van der Waals surface area contributed by atoms with Gasteiger partial charge in [-0.1, -0.05) is 0 Å². The van der Waals surface area contributed by atoms with E-state index in [9.17, 15) is 4.79 Å². The number of nitrogens with two attached hydrogens (primary N) is 1. The molecule has 1 aromatic heterocycles. The molecule has 0 bridgehead atoms. The topological polar surface area (TPSA) is 71.2 Å². The molecule has 0 radical (unpaired) electrons. The summed E-state index contributed by atoms with van der Waals surface area (Å²) in [6.07, 6.45) is 5.23. The van der Waals surface area contributed by atoms with Gasteiger partial charge in [-0.15, -0.1) is 0 Å². The van der Waals surface area contributed by atoms with Gasteiger partial charge in [-0.2, -0.15) is 0 Å². The number of nitrogens with one attached hydrogen (secondary N) is 1. The molecule has 1 saturated heterocycles. The number of pyridine rings is 1. The monoisotopic (exact) mass is 234 g/mol. The lowest BCUT2D eigenvalue weighted by atomic mass is 10.1. The zero-order valence-electron chi connectivity index (χ0n) is 10.0. The van der Waals surface area contributed by atoms with E-state index in [1.54, 1.807) is 12.3 Å². The van der Waals surface area contributed by atoms with Crippen LogP contribution < -0.4 is 11.1 Å². The van der Waals surface area contributed by atoms with E-state index < -0.39 is 0 Å². The van der Waals surface area contributed by atoms with Gasteiger partial charge in [0.25, 0.3) is 5.91 Å². The van der Waals surface area contributed by atoms with Crippen molar-refractivity contribution in [2.75, 3.05) is 25.9 Å². The van der Waals surface area contributed by atoms with Crippen LogP contribution in [0.3, 0.4) is 0 Å². The Bertz CT molecular complexity index is 407. The van der Waals surface area contributed by atoms with E-state index in [0.29, 0.717) is 11.3 Å². The third-order valence-electron chi connectivity index (χ3n) is 3.06. The molecule has 3 N–H and O–H groups in total. The van der Waals surface area contributed by atoms with Crippen molar-refractivity contribution in [3.05, 3.63) is 24.0 Å². The zero-order chi connectivity index (χ0) is 12.3. The van der Waals surface area contributed by atoms with Gasteiger partial charge in [-0.25, -0.2) is 0 Å². The quantitative estimate of drug-likeness (QED) is 0.781. The Morgan fingerprint density at radius 2 is 2.47 bits per heavy atom. The molecule has 1 aliphatic heterocycles. The first kappa shape index (κ1) is 11.9. The average molecular weight is 234 g/mol. The molecule has 0 spiro atoms. The Balaban J connectivity index is 1.99. The maximum Gasteiger partial charge on any atom is 0.253 e. The number of likely N-dealkylation sites (tertiary alicyclic amines) is 1. The number of hydrogen-bond donors (Lipinski definition) is 2. The summed E-state index contributed by atoms with van der Waals surface area (Å²) in [4.78, 5) is 18.1. The van der Waals surface area contributed by atoms with E-state index in [4.69, 9.17) is 5.73 Å². The zero-order valence-corrected chi connectivity index (χ0v) is 10.0. The maximum atomic E-state index is 12.0. The number of nitrogen functional groups attached to an aromatic ring is 1. The van der Waals surface area contributed by atoms with Crippen LogP contribution in [0.2, 0.25) is 0 Å². The van der Waals surface area contributed by atoms with Crippen molar-refractivity contribution in [2.24, 2.45) is 0 Å². The summed E-state index contributed by atoms with van der Waals surface area (Å²) in [5.74, 6) is -0.106. The first-order valence-electron chi connectivity index (χ1n) is 5.85. The maximum absolute atomic E-state index is 12.0. The van der Waals surface area contributed by atoms with Gasteiger partial charge in [0.05, 0.1) is 17.4 Å². The van der Waals surface area contributed by atoms with E-state index in [1.807, 2.05) is 0 Å². The molecule has 5 heteroatoms. The smallest absolute Gasteiger partial charge is 0.253 e. The van der Waals surface area contributed by atoms with Crippen molar-refractivity contribution < 1.29 is 4.79 Å². The minimum atomic E-state index is -0.106. The number of amides is 1. The number of likely N-dealkylation sites (N-methyl/N-ethyl adjacent to an activating group) is 1. The molecule has 0 saturated carbocycles. The second-order valence-electron chi connectivity index (χ2n) is 4.54. The average Bonchev–Trinajstić information content (AvgIpc) is 2.29. The van der Waals surface area contributed by atoms with Gasteiger partial charge in [0.15, 0.2) is 0 Å². The molecule has 92 valence electrons. The first-order valence-corrected chi connectivity index (χ1v) is 5.85. The molecule has 0 aromatic carbocycles. The van der Waals surface area contributed by atoms with Crippen LogP contribution in [-0.2, 0) is 0 Å². The van der Waals surface area contributed by atoms with Crippen molar-refractivity contribution in [1.82, 2.24) is 15.2 Å². The van der Waals surface area contributed by atoms with E-state index in [-0.39, 0.29) is 11.9 Å². The second-order valence-corrected chi connectivity index (χ2v) is 4.54. The van der Waals surface area contributed by atoms with E-state index >= 15 is 0 Å². The van der Waals surface area contributed by atoms with Crippen molar-refractivity contribution in [3.8, 4) is 0 Å². The molecule has 1 amide bonds. The Kier molecular flexibility index (Phi) is 3.58. The van der Waals surface area contributed by atoms with Gasteiger partial charge >= 0.3 is 0 Å². The van der Waals surface area contributed by atoms with Gasteiger partial charge in [-0.3, -0.25) is 9.78 Å². The van der Waals surface area contributed by atoms with Crippen LogP contribution in [0.25, 0.3) is 0 Å². The number of piperidine rings is 1.